The van der Waals surface area contributed by atoms with Gasteiger partial charge in [0.05, 0.1) is 10.7 Å². The lowest BCUT2D eigenvalue weighted by Gasteiger charge is -2.05. The molecule has 2 aromatic rings. The van der Waals surface area contributed by atoms with Crippen molar-refractivity contribution in [1.29, 1.82) is 0 Å². The third-order valence-corrected chi connectivity index (χ3v) is 2.12. The van der Waals surface area contributed by atoms with Crippen LogP contribution < -0.4 is 10.5 Å². The molecule has 2 N–H and O–H groups in total. The third kappa shape index (κ3) is 2.02. The van der Waals surface area contributed by atoms with Crippen molar-refractivity contribution >= 4 is 17.3 Å². The predicted octanol–water partition coefficient (Wildman–Crippen LogP) is 1.84. The van der Waals surface area contributed by atoms with Gasteiger partial charge in [-0.15, -0.1) is 5.10 Å². The Hall–Kier alpha value is -1.75. The van der Waals surface area contributed by atoms with E-state index >= 15 is 0 Å². The lowest BCUT2D eigenvalue weighted by Crippen LogP contribution is -1.94. The van der Waals surface area contributed by atoms with E-state index in [0.29, 0.717) is 16.5 Å². The maximum atomic E-state index is 5.83. The Labute approximate surface area is 91.4 Å². The van der Waals surface area contributed by atoms with Gasteiger partial charge in [-0.2, -0.15) is 4.98 Å². The van der Waals surface area contributed by atoms with Gasteiger partial charge in [0, 0.05) is 7.05 Å². The Kier molecular flexibility index (Phi) is 2.47. The fourth-order valence-corrected chi connectivity index (χ4v) is 1.24. The number of benzene rings is 1. The molecule has 0 amide bonds. The predicted molar refractivity (Wildman–Crippen MR) is 56.9 cm³/mol. The molecule has 5 nitrogen and oxygen atoms in total. The van der Waals surface area contributed by atoms with Crippen LogP contribution in [0.2, 0.25) is 5.02 Å². The SMILES string of the molecule is Cn1cnc(Oc2cccc(Cl)c2N)n1. The number of anilines is 1. The quantitative estimate of drug-likeness (QED) is 0.791. The monoisotopic (exact) mass is 224 g/mol. The van der Waals surface area contributed by atoms with E-state index in [-0.39, 0.29) is 6.01 Å². The molecule has 2 rings (SSSR count). The molecule has 0 atom stereocenters. The second-order valence-electron chi connectivity index (χ2n) is 2.95. The van der Waals surface area contributed by atoms with Crippen LogP contribution in [0.4, 0.5) is 5.69 Å². The summed E-state index contributed by atoms with van der Waals surface area (Å²) in [5.41, 5.74) is 6.10. The zero-order chi connectivity index (χ0) is 10.8. The topological polar surface area (TPSA) is 66.0 Å². The minimum absolute atomic E-state index is 0.242. The van der Waals surface area contributed by atoms with Gasteiger partial charge in [-0.25, -0.2) is 0 Å². The maximum Gasteiger partial charge on any atom is 0.341 e. The second kappa shape index (κ2) is 3.78. The number of hydrogen-bond donors (Lipinski definition) is 1. The summed E-state index contributed by atoms with van der Waals surface area (Å²) in [6.45, 7) is 0. The minimum atomic E-state index is 0.242. The highest BCUT2D eigenvalue weighted by atomic mass is 35.5. The lowest BCUT2D eigenvalue weighted by molar-refractivity contribution is 0.441. The number of nitrogen functional groups attached to an aromatic ring is 1. The molecule has 6 heteroatoms. The number of ether oxygens (including phenoxy) is 1. The zero-order valence-electron chi connectivity index (χ0n) is 8.01. The molecular formula is C9H9ClN4O. The molecule has 1 aromatic heterocycles. The molecule has 0 spiro atoms. The largest absolute Gasteiger partial charge is 0.421 e. The number of nitrogens with zero attached hydrogens (tertiary/aromatic N) is 3. The fraction of sp³-hybridized carbons (Fsp3) is 0.111. The van der Waals surface area contributed by atoms with Crippen LogP contribution in [0.15, 0.2) is 24.5 Å². The first-order chi connectivity index (χ1) is 7.16. The summed E-state index contributed by atoms with van der Waals surface area (Å²) in [5, 5.41) is 4.41. The molecule has 0 aliphatic rings. The zero-order valence-corrected chi connectivity index (χ0v) is 8.77. The van der Waals surface area contributed by atoms with Gasteiger partial charge in [0.2, 0.25) is 0 Å². The molecule has 78 valence electrons. The van der Waals surface area contributed by atoms with Crippen molar-refractivity contribution in [1.82, 2.24) is 14.8 Å². The van der Waals surface area contributed by atoms with Crippen LogP contribution in [0.5, 0.6) is 11.8 Å². The number of nitrogens with two attached hydrogens (primary N) is 1. The van der Waals surface area contributed by atoms with E-state index < -0.39 is 0 Å². The number of aromatic nitrogens is 3. The summed E-state index contributed by atoms with van der Waals surface area (Å²) in [6.07, 6.45) is 1.54. The molecule has 0 fully saturated rings. The highest BCUT2D eigenvalue weighted by Gasteiger charge is 2.07. The van der Waals surface area contributed by atoms with Crippen molar-refractivity contribution in [2.45, 2.75) is 0 Å². The van der Waals surface area contributed by atoms with Gasteiger partial charge in [0.15, 0.2) is 5.75 Å². The number of aryl methyl sites for hydroxylation is 1. The fourth-order valence-electron chi connectivity index (χ4n) is 1.07. The number of para-hydroxylation sites is 1. The van der Waals surface area contributed by atoms with E-state index in [1.54, 1.807) is 25.2 Å². The van der Waals surface area contributed by atoms with Gasteiger partial charge in [0.25, 0.3) is 0 Å². The van der Waals surface area contributed by atoms with Gasteiger partial charge < -0.3 is 10.5 Å². The van der Waals surface area contributed by atoms with Crippen molar-refractivity contribution in [3.8, 4) is 11.8 Å². The Balaban J connectivity index is 2.28. The molecule has 0 bridgehead atoms. The Bertz CT molecular complexity index is 483. The molecule has 15 heavy (non-hydrogen) atoms. The summed E-state index contributed by atoms with van der Waals surface area (Å²) < 4.78 is 6.90. The molecule has 0 saturated carbocycles. The van der Waals surface area contributed by atoms with Crippen LogP contribution in [-0.4, -0.2) is 14.8 Å². The summed E-state index contributed by atoms with van der Waals surface area (Å²) in [7, 11) is 1.75. The van der Waals surface area contributed by atoms with Crippen molar-refractivity contribution in [3.05, 3.63) is 29.5 Å². The summed E-state index contributed by atoms with van der Waals surface area (Å²) in [5.74, 6) is 0.453. The summed E-state index contributed by atoms with van der Waals surface area (Å²) in [6, 6.07) is 5.39. The first-order valence-electron chi connectivity index (χ1n) is 4.24. The first-order valence-corrected chi connectivity index (χ1v) is 4.62. The van der Waals surface area contributed by atoms with E-state index in [2.05, 4.69) is 10.1 Å². The minimum Gasteiger partial charge on any atom is -0.421 e. The average molecular weight is 225 g/mol. The van der Waals surface area contributed by atoms with E-state index in [9.17, 15) is 0 Å². The van der Waals surface area contributed by atoms with Gasteiger partial charge >= 0.3 is 6.01 Å². The smallest absolute Gasteiger partial charge is 0.341 e. The van der Waals surface area contributed by atoms with Gasteiger partial charge in [-0.1, -0.05) is 17.7 Å². The van der Waals surface area contributed by atoms with E-state index in [0.717, 1.165) is 0 Å². The standard InChI is InChI=1S/C9H9ClN4O/c1-14-5-12-9(13-14)15-7-4-2-3-6(10)8(7)11/h2-5H,11H2,1H3. The van der Waals surface area contributed by atoms with Gasteiger partial charge in [-0.05, 0) is 12.1 Å². The molecule has 0 aliphatic heterocycles. The highest BCUT2D eigenvalue weighted by Crippen LogP contribution is 2.31. The number of halogens is 1. The number of rotatable bonds is 2. The van der Waals surface area contributed by atoms with E-state index in [4.69, 9.17) is 22.1 Å². The molecule has 1 heterocycles. The van der Waals surface area contributed by atoms with Crippen LogP contribution in [0, 0.1) is 0 Å². The van der Waals surface area contributed by atoms with Gasteiger partial charge in [0.1, 0.15) is 6.33 Å². The molecule has 0 unspecified atom stereocenters. The Morgan fingerprint density at radius 3 is 2.93 bits per heavy atom. The van der Waals surface area contributed by atoms with Crippen LogP contribution in [0.1, 0.15) is 0 Å². The summed E-state index contributed by atoms with van der Waals surface area (Å²) >= 11 is 5.83. The Morgan fingerprint density at radius 1 is 1.47 bits per heavy atom. The third-order valence-electron chi connectivity index (χ3n) is 1.79. The van der Waals surface area contributed by atoms with Gasteiger partial charge in [-0.3, -0.25) is 4.68 Å². The van der Waals surface area contributed by atoms with Crippen LogP contribution in [0.3, 0.4) is 0 Å². The van der Waals surface area contributed by atoms with Crippen LogP contribution in [0.25, 0.3) is 0 Å². The van der Waals surface area contributed by atoms with E-state index in [1.807, 2.05) is 0 Å². The van der Waals surface area contributed by atoms with Crippen molar-refractivity contribution in [2.75, 3.05) is 5.73 Å². The normalized spacial score (nSPS) is 10.3. The Morgan fingerprint density at radius 2 is 2.27 bits per heavy atom. The van der Waals surface area contributed by atoms with Crippen LogP contribution >= 0.6 is 11.6 Å². The molecule has 0 radical (unpaired) electrons. The maximum absolute atomic E-state index is 5.83. The molecule has 0 aliphatic carbocycles. The first kappa shape index (κ1) is 9.79. The summed E-state index contributed by atoms with van der Waals surface area (Å²) in [4.78, 5) is 3.91. The lowest BCUT2D eigenvalue weighted by atomic mass is 10.3. The molecule has 1 aromatic carbocycles. The number of hydrogen-bond acceptors (Lipinski definition) is 4. The van der Waals surface area contributed by atoms with E-state index in [1.165, 1.54) is 11.0 Å². The van der Waals surface area contributed by atoms with Crippen molar-refractivity contribution in [3.63, 3.8) is 0 Å². The van der Waals surface area contributed by atoms with Crippen LogP contribution in [-0.2, 0) is 7.05 Å². The van der Waals surface area contributed by atoms with Crippen molar-refractivity contribution < 1.29 is 4.74 Å². The molecular weight excluding hydrogens is 216 g/mol. The van der Waals surface area contributed by atoms with Crippen molar-refractivity contribution in [2.24, 2.45) is 7.05 Å². The molecule has 0 saturated heterocycles. The second-order valence-corrected chi connectivity index (χ2v) is 3.36. The highest BCUT2D eigenvalue weighted by molar-refractivity contribution is 6.33. The average Bonchev–Trinajstić information content (AvgIpc) is 2.59.